The van der Waals surface area contributed by atoms with Gasteiger partial charge in [0.1, 0.15) is 22.3 Å². The molecule has 5 heteroatoms. The number of pyridine rings is 1. The zero-order valence-corrected chi connectivity index (χ0v) is 31.1. The van der Waals surface area contributed by atoms with Gasteiger partial charge in [-0.25, -0.2) is 15.0 Å². The highest BCUT2D eigenvalue weighted by molar-refractivity contribution is 6.28. The number of rotatable bonds is 5. The van der Waals surface area contributed by atoms with E-state index >= 15 is 0 Å². The van der Waals surface area contributed by atoms with Gasteiger partial charge >= 0.3 is 0 Å². The first kappa shape index (κ1) is 32.4. The first-order valence-corrected chi connectivity index (χ1v) is 19.4. The third-order valence-electron chi connectivity index (χ3n) is 11.3. The van der Waals surface area contributed by atoms with Crippen molar-refractivity contribution in [1.82, 2.24) is 15.0 Å². The van der Waals surface area contributed by atoms with Crippen molar-refractivity contribution in [2.45, 2.75) is 0 Å². The summed E-state index contributed by atoms with van der Waals surface area (Å²) in [6, 6.07) is 64.8. The summed E-state index contributed by atoms with van der Waals surface area (Å²) in [6.45, 7) is 0. The second-order valence-electron chi connectivity index (χ2n) is 14.7. The minimum atomic E-state index is 0.659. The summed E-state index contributed by atoms with van der Waals surface area (Å²) in [7, 11) is 0. The highest BCUT2D eigenvalue weighted by Crippen LogP contribution is 2.42. The fourth-order valence-corrected chi connectivity index (χ4v) is 8.54. The van der Waals surface area contributed by atoms with E-state index in [4.69, 9.17) is 23.8 Å². The van der Waals surface area contributed by atoms with E-state index in [0.717, 1.165) is 116 Å². The molecule has 12 aromatic rings. The number of aromatic nitrogens is 3. The molecule has 0 amide bonds. The van der Waals surface area contributed by atoms with Crippen LogP contribution in [0.1, 0.15) is 0 Å². The first-order chi connectivity index (χ1) is 28.7. The molecule has 0 fully saturated rings. The van der Waals surface area contributed by atoms with Crippen LogP contribution >= 0.6 is 0 Å². The van der Waals surface area contributed by atoms with Gasteiger partial charge in [-0.3, -0.25) is 0 Å². The van der Waals surface area contributed by atoms with E-state index in [0.29, 0.717) is 5.82 Å². The summed E-state index contributed by atoms with van der Waals surface area (Å²) >= 11 is 0. The summed E-state index contributed by atoms with van der Waals surface area (Å²) in [5, 5.41) is 7.72. The lowest BCUT2D eigenvalue weighted by atomic mass is 9.94. The zero-order chi connectivity index (χ0) is 38.2. The van der Waals surface area contributed by atoms with E-state index in [2.05, 4.69) is 121 Å². The van der Waals surface area contributed by atoms with Gasteiger partial charge in [-0.1, -0.05) is 146 Å². The lowest BCUT2D eigenvalue weighted by Crippen LogP contribution is -1.96. The van der Waals surface area contributed by atoms with Crippen LogP contribution in [0.4, 0.5) is 0 Å². The molecule has 0 N–H and O–H groups in total. The van der Waals surface area contributed by atoms with Gasteiger partial charge in [-0.05, 0) is 53.6 Å². The number of hydrogen-bond acceptors (Lipinski definition) is 5. The topological polar surface area (TPSA) is 65.0 Å². The maximum atomic E-state index is 6.45. The quantitative estimate of drug-likeness (QED) is 0.164. The molecule has 12 rings (SSSR count). The Kier molecular flexibility index (Phi) is 7.16. The molecular formula is C53H31N3O2. The Hall–Kier alpha value is -7.89. The van der Waals surface area contributed by atoms with E-state index in [1.54, 1.807) is 0 Å². The Morgan fingerprint density at radius 1 is 0.328 bits per heavy atom. The van der Waals surface area contributed by atoms with Gasteiger partial charge in [0.2, 0.25) is 0 Å². The van der Waals surface area contributed by atoms with Gasteiger partial charge < -0.3 is 8.83 Å². The number of hydrogen-bond donors (Lipinski definition) is 0. The number of nitrogens with zero attached hydrogens (tertiary/aromatic N) is 3. The van der Waals surface area contributed by atoms with E-state index in [1.165, 1.54) is 0 Å². The van der Waals surface area contributed by atoms with E-state index in [9.17, 15) is 0 Å². The summed E-state index contributed by atoms with van der Waals surface area (Å²) in [4.78, 5) is 15.6. The van der Waals surface area contributed by atoms with Crippen LogP contribution in [0.5, 0.6) is 0 Å². The van der Waals surface area contributed by atoms with Gasteiger partial charge in [0.15, 0.2) is 5.82 Å². The fraction of sp³-hybridized carbons (Fsp3) is 0. The average molecular weight is 742 g/mol. The van der Waals surface area contributed by atoms with Crippen LogP contribution in [-0.4, -0.2) is 15.0 Å². The van der Waals surface area contributed by atoms with Gasteiger partial charge in [-0.2, -0.15) is 0 Å². The Labute approximate surface area is 332 Å². The third-order valence-corrected chi connectivity index (χ3v) is 11.3. The van der Waals surface area contributed by atoms with Crippen molar-refractivity contribution in [1.29, 1.82) is 0 Å². The molecule has 8 aromatic carbocycles. The third kappa shape index (κ3) is 5.14. The van der Waals surface area contributed by atoms with Crippen LogP contribution < -0.4 is 0 Å². The number of fused-ring (bicyclic) bond motifs is 10. The fourth-order valence-electron chi connectivity index (χ4n) is 8.54. The Morgan fingerprint density at radius 2 is 0.966 bits per heavy atom. The molecule has 270 valence electrons. The average Bonchev–Trinajstić information content (AvgIpc) is 3.88. The molecular weight excluding hydrogens is 711 g/mol. The van der Waals surface area contributed by atoms with Gasteiger partial charge in [0.05, 0.1) is 22.6 Å². The van der Waals surface area contributed by atoms with Crippen molar-refractivity contribution in [3.05, 3.63) is 188 Å². The predicted molar refractivity (Wildman–Crippen MR) is 237 cm³/mol. The summed E-state index contributed by atoms with van der Waals surface area (Å²) in [5.41, 5.74) is 13.1. The largest absolute Gasteiger partial charge is 0.456 e. The SMILES string of the molecule is c1ccc(-c2nc(-c3ccc(-c4ccc5c(c4)nc(-c4ccccc4)c4ccc6oc7ccccc7c6c45)cc3)cc(-c3cccc4c3oc3ccccc34)n2)cc1. The summed E-state index contributed by atoms with van der Waals surface area (Å²) in [6.07, 6.45) is 0. The number of para-hydroxylation sites is 3. The van der Waals surface area contributed by atoms with Crippen molar-refractivity contribution in [2.75, 3.05) is 0 Å². The van der Waals surface area contributed by atoms with Crippen LogP contribution in [0.15, 0.2) is 197 Å². The van der Waals surface area contributed by atoms with Crippen LogP contribution in [0.2, 0.25) is 0 Å². The molecule has 4 aromatic heterocycles. The molecule has 58 heavy (non-hydrogen) atoms. The van der Waals surface area contributed by atoms with Crippen LogP contribution in [0.3, 0.4) is 0 Å². The maximum Gasteiger partial charge on any atom is 0.160 e. The maximum absolute atomic E-state index is 6.45. The number of benzene rings is 8. The summed E-state index contributed by atoms with van der Waals surface area (Å²) < 4.78 is 12.8. The first-order valence-electron chi connectivity index (χ1n) is 19.4. The minimum Gasteiger partial charge on any atom is -0.456 e. The van der Waals surface area contributed by atoms with Crippen molar-refractivity contribution >= 4 is 65.6 Å². The van der Waals surface area contributed by atoms with E-state index in [-0.39, 0.29) is 0 Å². The molecule has 0 bridgehead atoms. The highest BCUT2D eigenvalue weighted by atomic mass is 16.3. The monoisotopic (exact) mass is 741 g/mol. The highest BCUT2D eigenvalue weighted by Gasteiger charge is 2.19. The molecule has 0 aliphatic rings. The summed E-state index contributed by atoms with van der Waals surface area (Å²) in [5.74, 6) is 0.659. The van der Waals surface area contributed by atoms with Crippen molar-refractivity contribution in [3.63, 3.8) is 0 Å². The molecule has 0 unspecified atom stereocenters. The molecule has 0 aliphatic heterocycles. The molecule has 5 nitrogen and oxygen atoms in total. The molecule has 0 saturated heterocycles. The molecule has 4 heterocycles. The molecule has 0 aliphatic carbocycles. The Morgan fingerprint density at radius 3 is 1.78 bits per heavy atom. The Balaban J connectivity index is 0.999. The lowest BCUT2D eigenvalue weighted by Gasteiger charge is -2.13. The normalized spacial score (nSPS) is 11.8. The van der Waals surface area contributed by atoms with Gasteiger partial charge in [0.25, 0.3) is 0 Å². The molecule has 0 saturated carbocycles. The Bertz CT molecular complexity index is 3550. The van der Waals surface area contributed by atoms with Crippen LogP contribution in [0, 0.1) is 0 Å². The van der Waals surface area contributed by atoms with Crippen molar-refractivity contribution in [3.8, 4) is 56.3 Å². The zero-order valence-electron chi connectivity index (χ0n) is 31.1. The minimum absolute atomic E-state index is 0.659. The second-order valence-corrected chi connectivity index (χ2v) is 14.7. The second kappa shape index (κ2) is 12.8. The molecule has 0 radical (unpaired) electrons. The van der Waals surface area contributed by atoms with Gasteiger partial charge in [-0.15, -0.1) is 0 Å². The smallest absolute Gasteiger partial charge is 0.160 e. The van der Waals surface area contributed by atoms with Gasteiger partial charge in [0, 0.05) is 60.0 Å². The molecule has 0 spiro atoms. The van der Waals surface area contributed by atoms with Crippen molar-refractivity contribution in [2.24, 2.45) is 0 Å². The van der Waals surface area contributed by atoms with E-state index in [1.807, 2.05) is 66.7 Å². The van der Waals surface area contributed by atoms with Crippen LogP contribution in [-0.2, 0) is 0 Å². The van der Waals surface area contributed by atoms with Crippen molar-refractivity contribution < 1.29 is 8.83 Å². The standard InChI is InChI=1S/C53H31N3O2/c1-3-12-34(13-4-1)51-42-28-29-48-50(41-17-8-10-21-47(41)57-48)49(42)39-27-26-36(30-44(39)54-51)32-22-24-33(25-23-32)43-31-45(56-53(55-43)35-14-5-2-6-15-35)40-19-11-18-38-37-16-7-9-20-46(37)58-52(38)40/h1-31H. The lowest BCUT2D eigenvalue weighted by molar-refractivity contribution is 0.669. The van der Waals surface area contributed by atoms with Crippen LogP contribution in [0.25, 0.3) is 122 Å². The molecule has 0 atom stereocenters. The van der Waals surface area contributed by atoms with E-state index < -0.39 is 0 Å². The number of furan rings is 2. The predicted octanol–water partition coefficient (Wildman–Crippen LogP) is 14.3.